The summed E-state index contributed by atoms with van der Waals surface area (Å²) in [5.41, 5.74) is 1.57. The second-order valence-electron chi connectivity index (χ2n) is 5.98. The van der Waals surface area contributed by atoms with Crippen molar-refractivity contribution in [3.63, 3.8) is 0 Å². The Morgan fingerprint density at radius 1 is 1.29 bits per heavy atom. The lowest BCUT2D eigenvalue weighted by molar-refractivity contribution is -0.137. The number of hydrogen-bond donors (Lipinski definition) is 1. The van der Waals surface area contributed by atoms with Crippen molar-refractivity contribution in [1.82, 2.24) is 9.47 Å². The third-order valence-corrected chi connectivity index (χ3v) is 4.01. The number of nitrogens with zero attached hydrogens (tertiary/aromatic N) is 2. The number of benzene rings is 1. The summed E-state index contributed by atoms with van der Waals surface area (Å²) in [6.07, 6.45) is 1.77. The monoisotopic (exact) mass is 332 g/mol. The van der Waals surface area contributed by atoms with Gasteiger partial charge in [0.1, 0.15) is 0 Å². The molecule has 2 aromatic rings. The van der Waals surface area contributed by atoms with Gasteiger partial charge in [-0.05, 0) is 19.9 Å². The average molecular weight is 332 g/mol. The highest BCUT2D eigenvalue weighted by Crippen LogP contribution is 2.23. The first-order valence-electron chi connectivity index (χ1n) is 8.05. The topological polar surface area (TPSA) is 71.8 Å². The molecule has 0 saturated heterocycles. The normalized spacial score (nSPS) is 11.2. The standard InChI is InChI=1S/C18H24N2O4/c1-13(2)20(9-8-17(21)22)18(23)15-12-19(10-11-24-3)16-7-5-4-6-14(15)16/h4-7,12-13H,8-11H2,1-3H3,(H,21,22). The molecule has 1 aromatic carbocycles. The average Bonchev–Trinajstić information content (AvgIpc) is 2.91. The molecule has 0 radical (unpaired) electrons. The van der Waals surface area contributed by atoms with E-state index < -0.39 is 5.97 Å². The van der Waals surface area contributed by atoms with E-state index in [2.05, 4.69) is 0 Å². The van der Waals surface area contributed by atoms with E-state index in [0.29, 0.717) is 18.7 Å². The molecule has 0 saturated carbocycles. The Morgan fingerprint density at radius 2 is 2.00 bits per heavy atom. The molecule has 0 unspecified atom stereocenters. The van der Waals surface area contributed by atoms with E-state index in [1.807, 2.05) is 48.9 Å². The van der Waals surface area contributed by atoms with Crippen LogP contribution in [0.3, 0.4) is 0 Å². The van der Waals surface area contributed by atoms with Crippen LogP contribution in [0.5, 0.6) is 0 Å². The SMILES string of the molecule is COCCn1cc(C(=O)N(CCC(=O)O)C(C)C)c2ccccc21. The number of carbonyl (C=O) groups excluding carboxylic acids is 1. The molecule has 0 spiro atoms. The number of carbonyl (C=O) groups is 2. The fourth-order valence-corrected chi connectivity index (χ4v) is 2.76. The number of methoxy groups -OCH3 is 1. The Kier molecular flexibility index (Phi) is 5.98. The van der Waals surface area contributed by atoms with Gasteiger partial charge in [-0.25, -0.2) is 0 Å². The highest BCUT2D eigenvalue weighted by Gasteiger charge is 2.23. The molecule has 1 heterocycles. The highest BCUT2D eigenvalue weighted by atomic mass is 16.5. The van der Waals surface area contributed by atoms with Crippen LogP contribution in [0, 0.1) is 0 Å². The highest BCUT2D eigenvalue weighted by molar-refractivity contribution is 6.07. The molecule has 0 bridgehead atoms. The molecule has 1 amide bonds. The van der Waals surface area contributed by atoms with Crippen molar-refractivity contribution in [1.29, 1.82) is 0 Å². The molecule has 0 aliphatic heterocycles. The fraction of sp³-hybridized carbons (Fsp3) is 0.444. The summed E-state index contributed by atoms with van der Waals surface area (Å²) < 4.78 is 7.14. The Balaban J connectivity index is 2.38. The molecule has 1 N–H and O–H groups in total. The lowest BCUT2D eigenvalue weighted by atomic mass is 10.1. The number of aliphatic carboxylic acids is 1. The molecular weight excluding hydrogens is 308 g/mol. The fourth-order valence-electron chi connectivity index (χ4n) is 2.76. The summed E-state index contributed by atoms with van der Waals surface area (Å²) in [5, 5.41) is 9.79. The summed E-state index contributed by atoms with van der Waals surface area (Å²) in [6.45, 7) is 5.19. The van der Waals surface area contributed by atoms with Gasteiger partial charge in [-0.1, -0.05) is 18.2 Å². The quantitative estimate of drug-likeness (QED) is 0.806. The molecule has 1 aromatic heterocycles. The number of aromatic nitrogens is 1. The van der Waals surface area contributed by atoms with Crippen LogP contribution in [0.1, 0.15) is 30.6 Å². The van der Waals surface area contributed by atoms with E-state index in [1.165, 1.54) is 0 Å². The largest absolute Gasteiger partial charge is 0.481 e. The maximum atomic E-state index is 13.0. The van der Waals surface area contributed by atoms with Crippen LogP contribution in [0.25, 0.3) is 10.9 Å². The van der Waals surface area contributed by atoms with Crippen LogP contribution < -0.4 is 0 Å². The van der Waals surface area contributed by atoms with Crippen molar-refractivity contribution in [3.8, 4) is 0 Å². The first-order chi connectivity index (χ1) is 11.5. The zero-order valence-electron chi connectivity index (χ0n) is 14.4. The molecule has 2 rings (SSSR count). The van der Waals surface area contributed by atoms with Gasteiger partial charge in [0.15, 0.2) is 0 Å². The van der Waals surface area contributed by atoms with Gasteiger partial charge in [0, 0.05) is 43.3 Å². The van der Waals surface area contributed by atoms with Gasteiger partial charge in [0.25, 0.3) is 5.91 Å². The number of para-hydroxylation sites is 1. The number of carboxylic acids is 1. The van der Waals surface area contributed by atoms with Crippen molar-refractivity contribution in [3.05, 3.63) is 36.0 Å². The minimum atomic E-state index is -0.907. The molecule has 0 atom stereocenters. The minimum Gasteiger partial charge on any atom is -0.481 e. The van der Waals surface area contributed by atoms with Crippen LogP contribution in [0.2, 0.25) is 0 Å². The van der Waals surface area contributed by atoms with E-state index >= 15 is 0 Å². The van der Waals surface area contributed by atoms with Gasteiger partial charge in [-0.3, -0.25) is 9.59 Å². The number of carboxylic acid groups (broad SMARTS) is 1. The molecule has 0 aliphatic rings. The maximum absolute atomic E-state index is 13.0. The summed E-state index contributed by atoms with van der Waals surface area (Å²) in [5.74, 6) is -1.05. The van der Waals surface area contributed by atoms with Crippen LogP contribution in [-0.4, -0.2) is 52.8 Å². The first-order valence-corrected chi connectivity index (χ1v) is 8.05. The summed E-state index contributed by atoms with van der Waals surface area (Å²) >= 11 is 0. The summed E-state index contributed by atoms with van der Waals surface area (Å²) in [4.78, 5) is 25.5. The lowest BCUT2D eigenvalue weighted by Crippen LogP contribution is -2.38. The molecule has 0 aliphatic carbocycles. The number of hydrogen-bond acceptors (Lipinski definition) is 3. The zero-order valence-corrected chi connectivity index (χ0v) is 14.4. The second-order valence-corrected chi connectivity index (χ2v) is 5.98. The Morgan fingerprint density at radius 3 is 2.62 bits per heavy atom. The van der Waals surface area contributed by atoms with Crippen LogP contribution in [0.4, 0.5) is 0 Å². The van der Waals surface area contributed by atoms with Gasteiger partial charge in [0.05, 0.1) is 18.6 Å². The van der Waals surface area contributed by atoms with E-state index in [9.17, 15) is 9.59 Å². The second kappa shape index (κ2) is 7.97. The molecule has 0 fully saturated rings. The lowest BCUT2D eigenvalue weighted by Gasteiger charge is -2.26. The molecule has 24 heavy (non-hydrogen) atoms. The van der Waals surface area contributed by atoms with Crippen molar-refractivity contribution in [2.45, 2.75) is 32.9 Å². The molecule has 6 nitrogen and oxygen atoms in total. The molecule has 130 valence electrons. The summed E-state index contributed by atoms with van der Waals surface area (Å²) in [6, 6.07) is 7.65. The Labute approximate surface area is 141 Å². The number of amides is 1. The number of fused-ring (bicyclic) bond motifs is 1. The van der Waals surface area contributed by atoms with Crippen molar-refractivity contribution in [2.24, 2.45) is 0 Å². The Hall–Kier alpha value is -2.34. The number of ether oxygens (including phenoxy) is 1. The van der Waals surface area contributed by atoms with Gasteiger partial charge in [-0.15, -0.1) is 0 Å². The van der Waals surface area contributed by atoms with Gasteiger partial charge < -0.3 is 19.3 Å². The first kappa shape index (κ1) is 18.0. The number of rotatable bonds is 8. The zero-order chi connectivity index (χ0) is 17.7. The van der Waals surface area contributed by atoms with Crippen LogP contribution in [0.15, 0.2) is 30.5 Å². The predicted octanol–water partition coefficient (Wildman–Crippen LogP) is 2.61. The summed E-state index contributed by atoms with van der Waals surface area (Å²) in [7, 11) is 1.64. The Bertz CT molecular complexity index is 721. The third kappa shape index (κ3) is 3.94. The molecule has 6 heteroatoms. The van der Waals surface area contributed by atoms with E-state index in [-0.39, 0.29) is 24.9 Å². The molecular formula is C18H24N2O4. The third-order valence-electron chi connectivity index (χ3n) is 4.01. The van der Waals surface area contributed by atoms with E-state index in [0.717, 1.165) is 10.9 Å². The van der Waals surface area contributed by atoms with Gasteiger partial charge in [-0.2, -0.15) is 0 Å². The van der Waals surface area contributed by atoms with Crippen LogP contribution in [-0.2, 0) is 16.1 Å². The van der Waals surface area contributed by atoms with Crippen molar-refractivity contribution < 1.29 is 19.4 Å². The van der Waals surface area contributed by atoms with Gasteiger partial charge in [0.2, 0.25) is 0 Å². The van der Waals surface area contributed by atoms with Crippen LogP contribution >= 0.6 is 0 Å². The minimum absolute atomic E-state index is 0.0633. The van der Waals surface area contributed by atoms with E-state index in [4.69, 9.17) is 9.84 Å². The van der Waals surface area contributed by atoms with Crippen molar-refractivity contribution >= 4 is 22.8 Å². The maximum Gasteiger partial charge on any atom is 0.305 e. The van der Waals surface area contributed by atoms with Crippen molar-refractivity contribution in [2.75, 3.05) is 20.3 Å². The van der Waals surface area contributed by atoms with Gasteiger partial charge >= 0.3 is 5.97 Å². The smallest absolute Gasteiger partial charge is 0.305 e. The predicted molar refractivity (Wildman–Crippen MR) is 92.2 cm³/mol. The van der Waals surface area contributed by atoms with E-state index in [1.54, 1.807) is 12.0 Å².